The molecule has 0 unspecified atom stereocenters. The van der Waals surface area contributed by atoms with Crippen LogP contribution < -0.4 is 10.5 Å². The third-order valence-corrected chi connectivity index (χ3v) is 3.61. The van der Waals surface area contributed by atoms with E-state index in [4.69, 9.17) is 10.5 Å². The molecule has 0 heterocycles. The smallest absolute Gasteiger partial charge is 0.423 e. The van der Waals surface area contributed by atoms with Gasteiger partial charge in [-0.15, -0.1) is 0 Å². The third-order valence-electron chi connectivity index (χ3n) is 3.61. The summed E-state index contributed by atoms with van der Waals surface area (Å²) in [6.45, 7) is 2.51. The standard InChI is InChI=1S/C11H13FO3.C7H5F3N2O2/c1-8(13)11(2,14)7-15-10-5-3-9(12)4-6-10;8-7(9,10)5-3-4(11)1-2-6(5)12(13)14/h3-6,14H,7H2,1-2H3;1-3H,11H2/t11-;/m0./s1. The zero-order valence-corrected chi connectivity index (χ0v) is 15.4. The molecule has 2 rings (SSSR count). The molecule has 0 fully saturated rings. The van der Waals surface area contributed by atoms with Crippen LogP contribution in [0.2, 0.25) is 0 Å². The predicted molar refractivity (Wildman–Crippen MR) is 95.7 cm³/mol. The number of alkyl halides is 3. The Bertz CT molecular complexity index is 868. The Morgan fingerprint density at radius 1 is 1.21 bits per heavy atom. The Morgan fingerprint density at radius 3 is 2.21 bits per heavy atom. The number of nitrogen functional groups attached to an aromatic ring is 1. The first-order valence-electron chi connectivity index (χ1n) is 7.97. The van der Waals surface area contributed by atoms with Crippen molar-refractivity contribution in [2.24, 2.45) is 0 Å². The molecule has 2 aromatic carbocycles. The molecule has 0 aliphatic rings. The van der Waals surface area contributed by atoms with E-state index in [2.05, 4.69) is 0 Å². The molecule has 29 heavy (non-hydrogen) atoms. The summed E-state index contributed by atoms with van der Waals surface area (Å²) in [5.41, 5.74) is 1.11. The summed E-state index contributed by atoms with van der Waals surface area (Å²) < 4.78 is 54.4. The molecule has 11 heteroatoms. The van der Waals surface area contributed by atoms with Crippen molar-refractivity contribution >= 4 is 17.2 Å². The van der Waals surface area contributed by atoms with Crippen molar-refractivity contribution in [1.82, 2.24) is 0 Å². The number of Topliss-reactive ketones (excluding diaryl/α,β-unsaturated/α-hetero) is 1. The van der Waals surface area contributed by atoms with Gasteiger partial charge in [0.05, 0.1) is 4.92 Å². The van der Waals surface area contributed by atoms with E-state index in [1.165, 1.54) is 38.1 Å². The Kier molecular flexibility index (Phi) is 7.66. The van der Waals surface area contributed by atoms with E-state index >= 15 is 0 Å². The molecule has 0 bridgehead atoms. The number of carbonyl (C=O) groups is 1. The largest absolute Gasteiger partial charge is 0.490 e. The maximum atomic E-state index is 12.5. The fraction of sp³-hybridized carbons (Fsp3) is 0.278. The molecule has 7 nitrogen and oxygen atoms in total. The van der Waals surface area contributed by atoms with Crippen LogP contribution in [0.25, 0.3) is 0 Å². The van der Waals surface area contributed by atoms with Crippen LogP contribution in [0.1, 0.15) is 19.4 Å². The number of nitro benzene ring substituents is 1. The van der Waals surface area contributed by atoms with Crippen LogP contribution in [0.5, 0.6) is 5.75 Å². The van der Waals surface area contributed by atoms with Gasteiger partial charge in [-0.05, 0) is 50.2 Å². The van der Waals surface area contributed by atoms with Crippen LogP contribution in [0.4, 0.5) is 28.9 Å². The van der Waals surface area contributed by atoms with Gasteiger partial charge in [-0.1, -0.05) is 0 Å². The van der Waals surface area contributed by atoms with Crippen LogP contribution in [-0.4, -0.2) is 28.0 Å². The van der Waals surface area contributed by atoms with Gasteiger partial charge < -0.3 is 15.6 Å². The van der Waals surface area contributed by atoms with Crippen molar-refractivity contribution in [2.45, 2.75) is 25.6 Å². The SMILES string of the molecule is CC(=O)[C@@](C)(O)COc1ccc(F)cc1.Nc1ccc([N+](=O)[O-])c(C(F)(F)F)c1. The summed E-state index contributed by atoms with van der Waals surface area (Å²) in [5.74, 6) is -0.316. The minimum absolute atomic E-state index is 0.145. The molecule has 0 saturated heterocycles. The topological polar surface area (TPSA) is 116 Å². The third kappa shape index (κ3) is 7.37. The van der Waals surface area contributed by atoms with Crippen LogP contribution >= 0.6 is 0 Å². The van der Waals surface area contributed by atoms with Crippen LogP contribution in [0, 0.1) is 15.9 Å². The van der Waals surface area contributed by atoms with Gasteiger partial charge >= 0.3 is 6.18 Å². The highest BCUT2D eigenvalue weighted by atomic mass is 19.4. The zero-order valence-electron chi connectivity index (χ0n) is 15.4. The number of ether oxygens (including phenoxy) is 1. The first-order chi connectivity index (χ1) is 13.2. The van der Waals surface area contributed by atoms with Gasteiger partial charge in [0, 0.05) is 11.8 Å². The molecular formula is C18H18F4N2O5. The molecule has 1 atom stereocenters. The van der Waals surface area contributed by atoms with Gasteiger partial charge in [-0.25, -0.2) is 4.39 Å². The van der Waals surface area contributed by atoms with Gasteiger partial charge in [-0.2, -0.15) is 13.2 Å². The lowest BCUT2D eigenvalue weighted by Gasteiger charge is -2.19. The molecule has 158 valence electrons. The first kappa shape index (κ1) is 23.8. The van der Waals surface area contributed by atoms with E-state index in [1.807, 2.05) is 0 Å². The molecule has 0 radical (unpaired) electrons. The second kappa shape index (κ2) is 9.32. The number of aliphatic hydroxyl groups is 1. The average molecular weight is 418 g/mol. The molecular weight excluding hydrogens is 400 g/mol. The van der Waals surface area contributed by atoms with Crippen molar-refractivity contribution in [2.75, 3.05) is 12.3 Å². The van der Waals surface area contributed by atoms with Crippen molar-refractivity contribution in [1.29, 1.82) is 0 Å². The molecule has 0 aliphatic heterocycles. The maximum Gasteiger partial charge on any atom is 0.423 e. The summed E-state index contributed by atoms with van der Waals surface area (Å²) in [5, 5.41) is 19.8. The van der Waals surface area contributed by atoms with E-state index in [0.29, 0.717) is 11.8 Å². The van der Waals surface area contributed by atoms with Crippen molar-refractivity contribution in [3.63, 3.8) is 0 Å². The maximum absolute atomic E-state index is 12.5. The number of carbonyl (C=O) groups excluding carboxylic acids is 1. The van der Waals surface area contributed by atoms with Crippen molar-refractivity contribution in [3.8, 4) is 5.75 Å². The molecule has 0 aliphatic carbocycles. The molecule has 3 N–H and O–H groups in total. The number of ketones is 1. The van der Waals surface area contributed by atoms with Crippen molar-refractivity contribution in [3.05, 3.63) is 64.0 Å². The van der Waals surface area contributed by atoms with E-state index in [0.717, 1.165) is 12.1 Å². The second-order valence-electron chi connectivity index (χ2n) is 6.10. The van der Waals surface area contributed by atoms with Gasteiger partial charge in [0.2, 0.25) is 0 Å². The average Bonchev–Trinajstić information content (AvgIpc) is 2.60. The highest BCUT2D eigenvalue weighted by Crippen LogP contribution is 2.36. The van der Waals surface area contributed by atoms with Crippen LogP contribution in [0.15, 0.2) is 42.5 Å². The summed E-state index contributed by atoms with van der Waals surface area (Å²) >= 11 is 0. The van der Waals surface area contributed by atoms with E-state index in [1.54, 1.807) is 0 Å². The highest BCUT2D eigenvalue weighted by molar-refractivity contribution is 5.84. The number of rotatable bonds is 5. The number of halogens is 4. The number of nitrogens with two attached hydrogens (primary N) is 1. The molecule has 2 aromatic rings. The highest BCUT2D eigenvalue weighted by Gasteiger charge is 2.38. The van der Waals surface area contributed by atoms with Crippen LogP contribution in [0.3, 0.4) is 0 Å². The van der Waals surface area contributed by atoms with Gasteiger partial charge in [0.1, 0.15) is 23.7 Å². The van der Waals surface area contributed by atoms with Crippen LogP contribution in [-0.2, 0) is 11.0 Å². The lowest BCUT2D eigenvalue weighted by atomic mass is 10.0. The summed E-state index contributed by atoms with van der Waals surface area (Å²) in [6.07, 6.45) is -4.77. The van der Waals surface area contributed by atoms with Crippen molar-refractivity contribution < 1.29 is 37.1 Å². The number of benzene rings is 2. The number of anilines is 1. The van der Waals surface area contributed by atoms with E-state index in [-0.39, 0.29) is 23.9 Å². The second-order valence-corrected chi connectivity index (χ2v) is 6.10. The fourth-order valence-corrected chi connectivity index (χ4v) is 1.80. The molecule has 0 spiro atoms. The Labute approximate surface area is 162 Å². The lowest BCUT2D eigenvalue weighted by Crippen LogP contribution is -2.39. The number of hydrogen-bond acceptors (Lipinski definition) is 6. The normalized spacial score (nSPS) is 12.9. The Morgan fingerprint density at radius 2 is 1.76 bits per heavy atom. The molecule has 0 amide bonds. The molecule has 0 aromatic heterocycles. The van der Waals surface area contributed by atoms with E-state index < -0.39 is 28.0 Å². The Hall–Kier alpha value is -3.21. The minimum Gasteiger partial charge on any atom is -0.490 e. The Balaban J connectivity index is 0.000000291. The van der Waals surface area contributed by atoms with Gasteiger partial charge in [-0.3, -0.25) is 14.9 Å². The first-order valence-corrected chi connectivity index (χ1v) is 7.97. The monoisotopic (exact) mass is 418 g/mol. The predicted octanol–water partition coefficient (Wildman–Crippen LogP) is 3.74. The minimum atomic E-state index is -4.77. The number of nitrogens with zero attached hydrogens (tertiary/aromatic N) is 1. The fourth-order valence-electron chi connectivity index (χ4n) is 1.80. The number of nitro groups is 1. The summed E-state index contributed by atoms with van der Waals surface area (Å²) in [4.78, 5) is 20.1. The van der Waals surface area contributed by atoms with Gasteiger partial charge in [0.25, 0.3) is 5.69 Å². The summed E-state index contributed by atoms with van der Waals surface area (Å²) in [7, 11) is 0. The quantitative estimate of drug-likeness (QED) is 0.331. The van der Waals surface area contributed by atoms with Gasteiger partial charge in [0.15, 0.2) is 11.4 Å². The molecule has 0 saturated carbocycles. The zero-order chi connectivity index (χ0) is 22.4. The van der Waals surface area contributed by atoms with E-state index in [9.17, 15) is 37.6 Å². The lowest BCUT2D eigenvalue weighted by molar-refractivity contribution is -0.388. The summed E-state index contributed by atoms with van der Waals surface area (Å²) in [6, 6.07) is 7.69. The number of hydrogen-bond donors (Lipinski definition) is 2.